The summed E-state index contributed by atoms with van der Waals surface area (Å²) in [6.45, 7) is 7.59. The highest BCUT2D eigenvalue weighted by Gasteiger charge is 2.37. The third-order valence-corrected chi connectivity index (χ3v) is 4.00. The molecule has 0 nitrogen and oxygen atoms in total. The van der Waals surface area contributed by atoms with E-state index >= 15 is 0 Å². The lowest BCUT2D eigenvalue weighted by Gasteiger charge is -2.38. The third-order valence-electron chi connectivity index (χ3n) is 3.44. The van der Waals surface area contributed by atoms with Gasteiger partial charge in [-0.05, 0) is 11.6 Å². The van der Waals surface area contributed by atoms with Gasteiger partial charge in [-0.1, -0.05) is 45.9 Å². The van der Waals surface area contributed by atoms with Gasteiger partial charge in [0.05, 0.1) is 5.56 Å². The summed E-state index contributed by atoms with van der Waals surface area (Å²) in [5, 5.41) is 0. The topological polar surface area (TPSA) is 0 Å². The van der Waals surface area contributed by atoms with E-state index in [-0.39, 0.29) is 0 Å². The lowest BCUT2D eigenvalue weighted by Crippen LogP contribution is -2.38. The highest BCUT2D eigenvalue weighted by molar-refractivity contribution is 7.81. The lowest BCUT2D eigenvalue weighted by molar-refractivity contribution is -0.137. The maximum Gasteiger partial charge on any atom is 0.416 e. The lowest BCUT2D eigenvalue weighted by atomic mass is 9.74. The number of hydrogen-bond donors (Lipinski definition) is 1. The van der Waals surface area contributed by atoms with Gasteiger partial charge in [-0.3, -0.25) is 0 Å². The van der Waals surface area contributed by atoms with Crippen LogP contribution in [0.25, 0.3) is 0 Å². The van der Waals surface area contributed by atoms with Gasteiger partial charge >= 0.3 is 6.18 Å². The van der Waals surface area contributed by atoms with Gasteiger partial charge in [0, 0.05) is 10.2 Å². The van der Waals surface area contributed by atoms with Gasteiger partial charge in [-0.2, -0.15) is 25.8 Å². The fraction of sp³-hybridized carbons (Fsp3) is 0.538. The molecule has 17 heavy (non-hydrogen) atoms. The van der Waals surface area contributed by atoms with E-state index in [1.54, 1.807) is 6.07 Å². The molecule has 0 heterocycles. The summed E-state index contributed by atoms with van der Waals surface area (Å²) in [6.07, 6.45) is -4.30. The Labute approximate surface area is 106 Å². The first-order chi connectivity index (χ1) is 7.46. The molecular weight excluding hydrogens is 245 g/mol. The van der Waals surface area contributed by atoms with Crippen molar-refractivity contribution in [1.29, 1.82) is 0 Å². The molecule has 0 atom stereocenters. The number of alkyl halides is 3. The minimum absolute atomic E-state index is 0.406. The van der Waals surface area contributed by atoms with Crippen molar-refractivity contribution in [1.82, 2.24) is 0 Å². The van der Waals surface area contributed by atoms with Gasteiger partial charge in [0.25, 0.3) is 0 Å². The van der Waals surface area contributed by atoms with Crippen molar-refractivity contribution in [2.45, 2.75) is 44.0 Å². The van der Waals surface area contributed by atoms with Crippen LogP contribution < -0.4 is 0 Å². The van der Waals surface area contributed by atoms with Crippen LogP contribution in [0.15, 0.2) is 24.3 Å². The molecule has 0 fully saturated rings. The monoisotopic (exact) mass is 262 g/mol. The van der Waals surface area contributed by atoms with Crippen molar-refractivity contribution in [2.24, 2.45) is 0 Å². The number of thiol groups is 1. The molecule has 0 saturated heterocycles. The maximum atomic E-state index is 12.6. The molecule has 0 aliphatic rings. The highest BCUT2D eigenvalue weighted by Crippen LogP contribution is 2.40. The number of benzene rings is 1. The van der Waals surface area contributed by atoms with Gasteiger partial charge in [0.2, 0.25) is 0 Å². The Bertz CT molecular complexity index is 400. The molecule has 0 aliphatic carbocycles. The molecule has 0 aliphatic heterocycles. The van der Waals surface area contributed by atoms with Crippen LogP contribution >= 0.6 is 12.6 Å². The average Bonchev–Trinajstić information content (AvgIpc) is 2.15. The Balaban J connectivity index is 3.26. The summed E-state index contributed by atoms with van der Waals surface area (Å²) in [6, 6.07) is 5.45. The molecule has 0 N–H and O–H groups in total. The highest BCUT2D eigenvalue weighted by atomic mass is 32.1. The molecule has 0 radical (unpaired) electrons. The maximum absolute atomic E-state index is 12.6. The van der Waals surface area contributed by atoms with Crippen molar-refractivity contribution < 1.29 is 13.2 Å². The van der Waals surface area contributed by atoms with Crippen LogP contribution in [-0.4, -0.2) is 4.75 Å². The summed E-state index contributed by atoms with van der Waals surface area (Å²) in [5.41, 5.74) is -0.412. The Hall–Kier alpha value is -0.640. The van der Waals surface area contributed by atoms with Gasteiger partial charge in [-0.25, -0.2) is 0 Å². The molecule has 1 aromatic carbocycles. The average molecular weight is 262 g/mol. The third kappa shape index (κ3) is 2.97. The van der Waals surface area contributed by atoms with Crippen LogP contribution in [0, 0.1) is 0 Å². The van der Waals surface area contributed by atoms with Gasteiger partial charge < -0.3 is 0 Å². The Morgan fingerprint density at radius 1 is 0.941 bits per heavy atom. The largest absolute Gasteiger partial charge is 0.416 e. The van der Waals surface area contributed by atoms with Crippen LogP contribution in [0.3, 0.4) is 0 Å². The first kappa shape index (κ1) is 14.4. The predicted octanol–water partition coefficient (Wildman–Crippen LogP) is 4.69. The molecule has 0 spiro atoms. The Kier molecular flexibility index (Phi) is 3.59. The second-order valence-corrected chi connectivity index (χ2v) is 6.38. The quantitative estimate of drug-likeness (QED) is 0.734. The van der Waals surface area contributed by atoms with Crippen LogP contribution in [0.2, 0.25) is 0 Å². The smallest absolute Gasteiger partial charge is 0.172 e. The Morgan fingerprint density at radius 3 is 1.82 bits per heavy atom. The molecule has 96 valence electrons. The molecule has 4 heteroatoms. The van der Waals surface area contributed by atoms with E-state index in [2.05, 4.69) is 12.6 Å². The second kappa shape index (κ2) is 4.23. The van der Waals surface area contributed by atoms with Crippen LogP contribution in [-0.2, 0) is 11.6 Å². The molecule has 0 bridgehead atoms. The van der Waals surface area contributed by atoms with E-state index in [4.69, 9.17) is 0 Å². The number of rotatable bonds is 2. The van der Waals surface area contributed by atoms with E-state index in [0.717, 1.165) is 6.07 Å². The van der Waals surface area contributed by atoms with Crippen molar-refractivity contribution in [3.63, 3.8) is 0 Å². The zero-order valence-electron chi connectivity index (χ0n) is 10.4. The van der Waals surface area contributed by atoms with Crippen molar-refractivity contribution in [3.8, 4) is 0 Å². The fourth-order valence-corrected chi connectivity index (χ4v) is 1.57. The predicted molar refractivity (Wildman–Crippen MR) is 67.5 cm³/mol. The molecule has 0 unspecified atom stereocenters. The summed E-state index contributed by atoms with van der Waals surface area (Å²) in [7, 11) is 0. The van der Waals surface area contributed by atoms with E-state index in [0.29, 0.717) is 5.56 Å². The van der Waals surface area contributed by atoms with Crippen LogP contribution in [0.1, 0.15) is 38.8 Å². The summed E-state index contributed by atoms with van der Waals surface area (Å²) >= 11 is 4.47. The van der Waals surface area contributed by atoms with E-state index < -0.39 is 21.9 Å². The van der Waals surface area contributed by atoms with Gasteiger partial charge in [0.1, 0.15) is 0 Å². The Morgan fingerprint density at radius 2 is 1.41 bits per heavy atom. The molecule has 0 aromatic heterocycles. The van der Waals surface area contributed by atoms with Crippen molar-refractivity contribution >= 4 is 12.6 Å². The summed E-state index contributed by atoms with van der Waals surface area (Å²) < 4.78 is 37.5. The van der Waals surface area contributed by atoms with E-state index in [9.17, 15) is 13.2 Å². The molecule has 1 rings (SSSR count). The normalized spacial score (nSPS) is 13.9. The zero-order chi connectivity index (χ0) is 13.5. The first-order valence-electron chi connectivity index (χ1n) is 5.36. The summed E-state index contributed by atoms with van der Waals surface area (Å²) in [4.78, 5) is 0. The van der Waals surface area contributed by atoms with E-state index in [1.807, 2.05) is 27.7 Å². The molecular formula is C13H17F3S. The van der Waals surface area contributed by atoms with Crippen LogP contribution in [0.4, 0.5) is 13.2 Å². The van der Waals surface area contributed by atoms with Gasteiger partial charge in [0.15, 0.2) is 0 Å². The van der Waals surface area contributed by atoms with Crippen LogP contribution in [0.5, 0.6) is 0 Å². The van der Waals surface area contributed by atoms with Crippen molar-refractivity contribution in [3.05, 3.63) is 35.4 Å². The first-order valence-corrected chi connectivity index (χ1v) is 5.81. The number of halogens is 3. The second-order valence-electron chi connectivity index (χ2n) is 5.26. The van der Waals surface area contributed by atoms with E-state index in [1.165, 1.54) is 12.1 Å². The number of hydrogen-bond acceptors (Lipinski definition) is 1. The summed E-state index contributed by atoms with van der Waals surface area (Å²) in [5.74, 6) is 0. The molecule has 1 aromatic rings. The minimum Gasteiger partial charge on any atom is -0.172 e. The standard InChI is InChI=1S/C13H17F3S/c1-11(2,12(3,4)17)9-6-5-7-10(8-9)13(14,15)16/h5-8,17H,1-4H3. The minimum atomic E-state index is -4.30. The zero-order valence-corrected chi connectivity index (χ0v) is 11.3. The van der Waals surface area contributed by atoms with Crippen molar-refractivity contribution in [2.75, 3.05) is 0 Å². The van der Waals surface area contributed by atoms with Gasteiger partial charge in [-0.15, -0.1) is 0 Å². The fourth-order valence-electron chi connectivity index (χ4n) is 1.44. The molecule has 0 amide bonds. The molecule has 0 saturated carbocycles. The SMILES string of the molecule is CC(C)(S)C(C)(C)c1cccc(C(F)(F)F)c1.